The first-order valence-corrected chi connectivity index (χ1v) is 8.68. The van der Waals surface area contributed by atoms with Crippen LogP contribution in [0.3, 0.4) is 0 Å². The molecule has 0 amide bonds. The van der Waals surface area contributed by atoms with Gasteiger partial charge >= 0.3 is 0 Å². The zero-order chi connectivity index (χ0) is 17.2. The Labute approximate surface area is 148 Å². The summed E-state index contributed by atoms with van der Waals surface area (Å²) in [4.78, 5) is 15.9. The Kier molecular flexibility index (Phi) is 4.32. The van der Waals surface area contributed by atoms with E-state index in [0.717, 1.165) is 50.1 Å². The van der Waals surface area contributed by atoms with Crippen LogP contribution in [0, 0.1) is 0 Å². The second-order valence-electron chi connectivity index (χ2n) is 6.66. The summed E-state index contributed by atoms with van der Waals surface area (Å²) in [6.45, 7) is 8.16. The van der Waals surface area contributed by atoms with Gasteiger partial charge in [-0.25, -0.2) is 9.97 Å². The first-order valence-electron chi connectivity index (χ1n) is 8.68. The smallest absolute Gasteiger partial charge is 0.132 e. The molecule has 5 nitrogen and oxygen atoms in total. The molecule has 2 aliphatic rings. The number of allylic oxidation sites excluding steroid dienone is 1. The normalized spacial score (nSPS) is 16.4. The second kappa shape index (κ2) is 6.76. The molecule has 0 unspecified atom stereocenters. The first kappa shape index (κ1) is 16.0. The van der Waals surface area contributed by atoms with Crippen LogP contribution in [0.5, 0.6) is 0 Å². The molecular weight excluding hydrogens is 312 g/mol. The Hall–Kier alpha value is -2.53. The van der Waals surface area contributed by atoms with E-state index in [1.807, 2.05) is 6.07 Å². The second-order valence-corrected chi connectivity index (χ2v) is 6.66. The van der Waals surface area contributed by atoms with E-state index in [2.05, 4.69) is 53.0 Å². The number of hydrogen-bond donors (Lipinski definition) is 0. The predicted octanol–water partition coefficient (Wildman–Crippen LogP) is 3.09. The van der Waals surface area contributed by atoms with Crippen molar-refractivity contribution in [1.29, 1.82) is 0 Å². The van der Waals surface area contributed by atoms with Crippen LogP contribution in [0.25, 0.3) is 6.08 Å². The highest BCUT2D eigenvalue weighted by molar-refractivity contribution is 6.14. The molecule has 2 aliphatic heterocycles. The Balaban J connectivity index is 1.67. The zero-order valence-corrected chi connectivity index (χ0v) is 14.7. The fourth-order valence-electron chi connectivity index (χ4n) is 3.29. The largest absolute Gasteiger partial charge is 0.378 e. The quantitative estimate of drug-likeness (QED) is 0.865. The molecule has 0 N–H and O–H groups in total. The molecule has 0 radical (unpaired) electrons. The van der Waals surface area contributed by atoms with Crippen molar-refractivity contribution in [2.45, 2.75) is 20.4 Å². The number of ether oxygens (including phenoxy) is 1. The number of hydrogen-bond acceptors (Lipinski definition) is 5. The van der Waals surface area contributed by atoms with Gasteiger partial charge in [-0.15, -0.1) is 0 Å². The molecule has 2 aromatic rings. The van der Waals surface area contributed by atoms with Crippen molar-refractivity contribution in [3.05, 3.63) is 58.6 Å². The molecule has 128 valence electrons. The molecule has 1 fully saturated rings. The summed E-state index contributed by atoms with van der Waals surface area (Å²) in [6, 6.07) is 8.59. The number of fused-ring (bicyclic) bond motifs is 1. The van der Waals surface area contributed by atoms with Gasteiger partial charge in [0.25, 0.3) is 0 Å². The molecule has 0 bridgehead atoms. The summed E-state index contributed by atoms with van der Waals surface area (Å²) < 4.78 is 5.43. The SMILES string of the molecule is CC(C)=Cc1ccc2c(c1)C(c1cc(N3CCOCC3)ncn1)=NC2. The number of rotatable bonds is 3. The number of aliphatic imine (C=N–C) groups is 1. The highest BCUT2D eigenvalue weighted by atomic mass is 16.5. The molecule has 1 aromatic carbocycles. The lowest BCUT2D eigenvalue weighted by molar-refractivity contribution is 0.122. The Morgan fingerprint density at radius 1 is 1.12 bits per heavy atom. The van der Waals surface area contributed by atoms with E-state index in [1.165, 1.54) is 22.3 Å². The van der Waals surface area contributed by atoms with Gasteiger partial charge in [-0.1, -0.05) is 23.8 Å². The number of aromatic nitrogens is 2. The minimum atomic E-state index is 0.719. The van der Waals surface area contributed by atoms with E-state index in [9.17, 15) is 0 Å². The van der Waals surface area contributed by atoms with E-state index >= 15 is 0 Å². The highest BCUT2D eigenvalue weighted by Crippen LogP contribution is 2.25. The maximum absolute atomic E-state index is 5.43. The van der Waals surface area contributed by atoms with Crippen LogP contribution < -0.4 is 4.90 Å². The fraction of sp³-hybridized carbons (Fsp3) is 0.350. The molecule has 4 rings (SSSR count). The third kappa shape index (κ3) is 3.33. The van der Waals surface area contributed by atoms with Gasteiger partial charge in [0, 0.05) is 24.7 Å². The zero-order valence-electron chi connectivity index (χ0n) is 14.7. The summed E-state index contributed by atoms with van der Waals surface area (Å²) >= 11 is 0. The molecule has 0 saturated carbocycles. The van der Waals surface area contributed by atoms with Gasteiger partial charge < -0.3 is 9.64 Å². The van der Waals surface area contributed by atoms with E-state index in [-0.39, 0.29) is 0 Å². The van der Waals surface area contributed by atoms with Gasteiger partial charge in [0.15, 0.2) is 0 Å². The molecule has 0 aliphatic carbocycles. The van der Waals surface area contributed by atoms with E-state index in [0.29, 0.717) is 0 Å². The van der Waals surface area contributed by atoms with Gasteiger partial charge in [-0.3, -0.25) is 4.99 Å². The highest BCUT2D eigenvalue weighted by Gasteiger charge is 2.20. The Morgan fingerprint density at radius 2 is 1.96 bits per heavy atom. The van der Waals surface area contributed by atoms with E-state index in [4.69, 9.17) is 9.73 Å². The van der Waals surface area contributed by atoms with Crippen molar-refractivity contribution in [3.8, 4) is 0 Å². The molecule has 1 aromatic heterocycles. The van der Waals surface area contributed by atoms with Gasteiger partial charge in [-0.05, 0) is 31.0 Å². The summed E-state index contributed by atoms with van der Waals surface area (Å²) in [6.07, 6.45) is 3.83. The lowest BCUT2D eigenvalue weighted by atomic mass is 9.99. The van der Waals surface area contributed by atoms with Gasteiger partial charge in [0.2, 0.25) is 0 Å². The average Bonchev–Trinajstić information content (AvgIpc) is 3.05. The van der Waals surface area contributed by atoms with E-state index in [1.54, 1.807) is 6.33 Å². The van der Waals surface area contributed by atoms with Crippen LogP contribution in [-0.2, 0) is 11.3 Å². The fourth-order valence-corrected chi connectivity index (χ4v) is 3.29. The van der Waals surface area contributed by atoms with Crippen molar-refractivity contribution >= 4 is 17.6 Å². The van der Waals surface area contributed by atoms with Crippen LogP contribution in [0.15, 0.2) is 41.2 Å². The maximum atomic E-state index is 5.43. The van der Waals surface area contributed by atoms with Crippen LogP contribution in [0.4, 0.5) is 5.82 Å². The number of morpholine rings is 1. The summed E-state index contributed by atoms with van der Waals surface area (Å²) in [5, 5.41) is 0. The number of benzene rings is 1. The third-order valence-electron chi connectivity index (χ3n) is 4.48. The molecule has 5 heteroatoms. The van der Waals surface area contributed by atoms with Crippen molar-refractivity contribution in [2.24, 2.45) is 4.99 Å². The molecule has 1 saturated heterocycles. The van der Waals surface area contributed by atoms with Gasteiger partial charge in [0.05, 0.1) is 31.2 Å². The van der Waals surface area contributed by atoms with Crippen LogP contribution in [0.1, 0.15) is 36.2 Å². The standard InChI is InChI=1S/C20H22N4O/c1-14(2)9-15-3-4-16-12-21-20(17(16)10-15)18-11-19(23-13-22-18)24-5-7-25-8-6-24/h3-4,9-11,13H,5-8,12H2,1-2H3. The molecule has 0 spiro atoms. The number of anilines is 1. The van der Waals surface area contributed by atoms with Gasteiger partial charge in [-0.2, -0.15) is 0 Å². The molecule has 3 heterocycles. The molecule has 25 heavy (non-hydrogen) atoms. The van der Waals surface area contributed by atoms with Crippen molar-refractivity contribution in [2.75, 3.05) is 31.2 Å². The van der Waals surface area contributed by atoms with Crippen LogP contribution >= 0.6 is 0 Å². The topological polar surface area (TPSA) is 50.6 Å². The minimum Gasteiger partial charge on any atom is -0.378 e. The summed E-state index contributed by atoms with van der Waals surface area (Å²) in [5.74, 6) is 0.949. The maximum Gasteiger partial charge on any atom is 0.132 e. The van der Waals surface area contributed by atoms with Crippen LogP contribution in [0.2, 0.25) is 0 Å². The lowest BCUT2D eigenvalue weighted by Crippen LogP contribution is -2.36. The predicted molar refractivity (Wildman–Crippen MR) is 100 cm³/mol. The first-order chi connectivity index (χ1) is 12.2. The van der Waals surface area contributed by atoms with Crippen molar-refractivity contribution < 1.29 is 4.74 Å². The minimum absolute atomic E-state index is 0.719. The summed E-state index contributed by atoms with van der Waals surface area (Å²) in [7, 11) is 0. The van der Waals surface area contributed by atoms with Gasteiger partial charge in [0.1, 0.15) is 12.1 Å². The van der Waals surface area contributed by atoms with Crippen molar-refractivity contribution in [1.82, 2.24) is 9.97 Å². The third-order valence-corrected chi connectivity index (χ3v) is 4.48. The Morgan fingerprint density at radius 3 is 2.76 bits per heavy atom. The Bertz CT molecular complexity index is 847. The molecule has 0 atom stereocenters. The molecular formula is C20H22N4O. The van der Waals surface area contributed by atoms with Crippen LogP contribution in [-0.4, -0.2) is 42.0 Å². The lowest BCUT2D eigenvalue weighted by Gasteiger charge is -2.27. The van der Waals surface area contributed by atoms with Crippen molar-refractivity contribution in [3.63, 3.8) is 0 Å². The number of nitrogens with zero attached hydrogens (tertiary/aromatic N) is 4. The summed E-state index contributed by atoms with van der Waals surface area (Å²) in [5.41, 5.74) is 6.79. The average molecular weight is 334 g/mol. The monoisotopic (exact) mass is 334 g/mol. The van der Waals surface area contributed by atoms with E-state index < -0.39 is 0 Å².